The number of hydrogen-bond donors (Lipinski definition) is 2. The SMILES string of the molecule is C=C(NNC(=O)CSc1nc2ccccc2n1C)c1ccc(F)cc1. The minimum Gasteiger partial charge on any atom is -0.322 e. The first-order valence-corrected chi connectivity index (χ1v) is 8.57. The lowest BCUT2D eigenvalue weighted by molar-refractivity contribution is -0.119. The average molecular weight is 356 g/mol. The van der Waals surface area contributed by atoms with E-state index in [1.54, 1.807) is 12.1 Å². The third-order valence-electron chi connectivity index (χ3n) is 3.62. The Labute approximate surface area is 148 Å². The summed E-state index contributed by atoms with van der Waals surface area (Å²) in [7, 11) is 1.92. The van der Waals surface area contributed by atoms with Crippen LogP contribution in [0.2, 0.25) is 0 Å². The van der Waals surface area contributed by atoms with Crippen molar-refractivity contribution in [2.24, 2.45) is 7.05 Å². The van der Waals surface area contributed by atoms with Crippen molar-refractivity contribution in [3.63, 3.8) is 0 Å². The number of carbonyl (C=O) groups excluding carboxylic acids is 1. The number of aryl methyl sites for hydroxylation is 1. The topological polar surface area (TPSA) is 58.9 Å². The van der Waals surface area contributed by atoms with E-state index in [1.165, 1.54) is 23.9 Å². The summed E-state index contributed by atoms with van der Waals surface area (Å²) in [6.45, 7) is 3.82. The molecule has 0 saturated heterocycles. The fourth-order valence-corrected chi connectivity index (χ4v) is 3.07. The van der Waals surface area contributed by atoms with Crippen LogP contribution in [0.25, 0.3) is 16.7 Å². The van der Waals surface area contributed by atoms with Gasteiger partial charge in [-0.05, 0) is 42.0 Å². The molecule has 7 heteroatoms. The highest BCUT2D eigenvalue weighted by molar-refractivity contribution is 7.99. The fraction of sp³-hybridized carbons (Fsp3) is 0.111. The molecule has 0 bridgehead atoms. The van der Waals surface area contributed by atoms with Gasteiger partial charge in [0.25, 0.3) is 0 Å². The van der Waals surface area contributed by atoms with Crippen LogP contribution in [-0.4, -0.2) is 21.2 Å². The molecule has 0 spiro atoms. The molecule has 5 nitrogen and oxygen atoms in total. The number of halogens is 1. The first-order chi connectivity index (χ1) is 12.0. The van der Waals surface area contributed by atoms with Gasteiger partial charge in [0.15, 0.2) is 5.16 Å². The number of carbonyl (C=O) groups is 1. The van der Waals surface area contributed by atoms with Crippen molar-refractivity contribution in [2.75, 3.05) is 5.75 Å². The number of nitrogens with zero attached hydrogens (tertiary/aromatic N) is 2. The lowest BCUT2D eigenvalue weighted by Gasteiger charge is -2.11. The van der Waals surface area contributed by atoms with E-state index in [-0.39, 0.29) is 17.5 Å². The van der Waals surface area contributed by atoms with E-state index in [9.17, 15) is 9.18 Å². The minimum atomic E-state index is -0.320. The molecule has 0 aliphatic heterocycles. The summed E-state index contributed by atoms with van der Waals surface area (Å²) in [5.74, 6) is -0.319. The number of rotatable bonds is 6. The Hall–Kier alpha value is -2.80. The number of benzene rings is 2. The number of nitrogens with one attached hydrogen (secondary N) is 2. The number of aromatic nitrogens is 2. The Bertz CT molecular complexity index is 920. The van der Waals surface area contributed by atoms with Crippen molar-refractivity contribution >= 4 is 34.4 Å². The van der Waals surface area contributed by atoms with E-state index < -0.39 is 0 Å². The summed E-state index contributed by atoms with van der Waals surface area (Å²) in [6, 6.07) is 13.7. The van der Waals surface area contributed by atoms with Crippen LogP contribution in [0, 0.1) is 5.82 Å². The first-order valence-electron chi connectivity index (χ1n) is 7.58. The Morgan fingerprint density at radius 1 is 1.20 bits per heavy atom. The number of para-hydroxylation sites is 2. The second-order valence-electron chi connectivity index (χ2n) is 5.39. The Kier molecular flexibility index (Phi) is 5.04. The van der Waals surface area contributed by atoms with E-state index in [4.69, 9.17) is 0 Å². The second kappa shape index (κ2) is 7.40. The summed E-state index contributed by atoms with van der Waals surface area (Å²) >= 11 is 1.35. The molecule has 3 rings (SSSR count). The van der Waals surface area contributed by atoms with Gasteiger partial charge >= 0.3 is 0 Å². The largest absolute Gasteiger partial charge is 0.322 e. The summed E-state index contributed by atoms with van der Waals surface area (Å²) in [5, 5.41) is 0.772. The monoisotopic (exact) mass is 356 g/mol. The highest BCUT2D eigenvalue weighted by Crippen LogP contribution is 2.22. The lowest BCUT2D eigenvalue weighted by Crippen LogP contribution is -2.37. The van der Waals surface area contributed by atoms with Crippen molar-refractivity contribution < 1.29 is 9.18 Å². The summed E-state index contributed by atoms with van der Waals surface area (Å²) in [6.07, 6.45) is 0. The smallest absolute Gasteiger partial charge is 0.248 e. The molecule has 1 aromatic heterocycles. The van der Waals surface area contributed by atoms with E-state index >= 15 is 0 Å². The number of imidazole rings is 1. The Morgan fingerprint density at radius 3 is 2.64 bits per heavy atom. The molecule has 0 aliphatic rings. The van der Waals surface area contributed by atoms with E-state index in [0.29, 0.717) is 11.3 Å². The molecule has 2 N–H and O–H groups in total. The molecule has 1 heterocycles. The van der Waals surface area contributed by atoms with Crippen molar-refractivity contribution in [1.29, 1.82) is 0 Å². The van der Waals surface area contributed by atoms with Crippen LogP contribution in [0.1, 0.15) is 5.56 Å². The van der Waals surface area contributed by atoms with Gasteiger partial charge in [-0.1, -0.05) is 30.5 Å². The molecule has 0 fully saturated rings. The summed E-state index contributed by atoms with van der Waals surface area (Å²) in [5.41, 5.74) is 8.42. The van der Waals surface area contributed by atoms with Crippen LogP contribution in [0.15, 0.2) is 60.3 Å². The Morgan fingerprint density at radius 2 is 1.92 bits per heavy atom. The van der Waals surface area contributed by atoms with Gasteiger partial charge in [-0.15, -0.1) is 0 Å². The van der Waals surface area contributed by atoms with Crippen LogP contribution >= 0.6 is 11.8 Å². The molecule has 0 radical (unpaired) electrons. The Balaban J connectivity index is 1.53. The number of fused-ring (bicyclic) bond motifs is 1. The molecule has 0 saturated carbocycles. The summed E-state index contributed by atoms with van der Waals surface area (Å²) in [4.78, 5) is 16.5. The number of hydrazine groups is 1. The number of thioether (sulfide) groups is 1. The minimum absolute atomic E-state index is 0.208. The van der Waals surface area contributed by atoms with Gasteiger partial charge in [0.2, 0.25) is 5.91 Å². The van der Waals surface area contributed by atoms with Crippen LogP contribution < -0.4 is 10.9 Å². The van der Waals surface area contributed by atoms with Crippen molar-refractivity contribution in [2.45, 2.75) is 5.16 Å². The molecule has 128 valence electrons. The molecular formula is C18H17FN4OS. The van der Waals surface area contributed by atoms with E-state index in [2.05, 4.69) is 22.4 Å². The lowest BCUT2D eigenvalue weighted by atomic mass is 10.2. The zero-order chi connectivity index (χ0) is 17.8. The predicted octanol–water partition coefficient (Wildman–Crippen LogP) is 3.10. The third kappa shape index (κ3) is 4.00. The maximum Gasteiger partial charge on any atom is 0.248 e. The number of hydrogen-bond acceptors (Lipinski definition) is 4. The fourth-order valence-electron chi connectivity index (χ4n) is 2.29. The van der Waals surface area contributed by atoms with E-state index in [0.717, 1.165) is 16.2 Å². The molecule has 1 amide bonds. The zero-order valence-corrected chi connectivity index (χ0v) is 14.4. The van der Waals surface area contributed by atoms with Crippen LogP contribution in [0.3, 0.4) is 0 Å². The maximum absolute atomic E-state index is 12.9. The van der Waals surface area contributed by atoms with Gasteiger partial charge in [-0.25, -0.2) is 9.37 Å². The molecular weight excluding hydrogens is 339 g/mol. The van der Waals surface area contributed by atoms with E-state index in [1.807, 2.05) is 35.9 Å². The highest BCUT2D eigenvalue weighted by atomic mass is 32.2. The van der Waals surface area contributed by atoms with Crippen LogP contribution in [0.5, 0.6) is 0 Å². The quantitative estimate of drug-likeness (QED) is 0.526. The third-order valence-corrected chi connectivity index (χ3v) is 4.65. The normalized spacial score (nSPS) is 10.6. The maximum atomic E-state index is 12.9. The van der Waals surface area contributed by atoms with Gasteiger partial charge < -0.3 is 4.57 Å². The van der Waals surface area contributed by atoms with Gasteiger partial charge in [0.1, 0.15) is 5.82 Å². The molecule has 0 atom stereocenters. The van der Waals surface area contributed by atoms with Gasteiger partial charge in [-0.3, -0.25) is 15.6 Å². The van der Waals surface area contributed by atoms with Gasteiger partial charge in [-0.2, -0.15) is 0 Å². The second-order valence-corrected chi connectivity index (χ2v) is 6.33. The molecule has 25 heavy (non-hydrogen) atoms. The first kappa shape index (κ1) is 17.0. The van der Waals surface area contributed by atoms with Crippen molar-refractivity contribution in [1.82, 2.24) is 20.4 Å². The predicted molar refractivity (Wildman–Crippen MR) is 98.2 cm³/mol. The van der Waals surface area contributed by atoms with Crippen LogP contribution in [-0.2, 0) is 11.8 Å². The van der Waals surface area contributed by atoms with Crippen LogP contribution in [0.4, 0.5) is 4.39 Å². The zero-order valence-electron chi connectivity index (χ0n) is 13.6. The van der Waals surface area contributed by atoms with Gasteiger partial charge in [0.05, 0.1) is 22.5 Å². The van der Waals surface area contributed by atoms with Gasteiger partial charge in [0, 0.05) is 7.05 Å². The summed E-state index contributed by atoms with van der Waals surface area (Å²) < 4.78 is 14.9. The molecule has 0 unspecified atom stereocenters. The van der Waals surface area contributed by atoms with Crippen molar-refractivity contribution in [3.8, 4) is 0 Å². The number of amides is 1. The average Bonchev–Trinajstić information content (AvgIpc) is 2.95. The molecule has 2 aromatic carbocycles. The molecule has 3 aromatic rings. The molecule has 0 aliphatic carbocycles. The highest BCUT2D eigenvalue weighted by Gasteiger charge is 2.10. The van der Waals surface area contributed by atoms with Crippen molar-refractivity contribution in [3.05, 3.63) is 66.5 Å². The standard InChI is InChI=1S/C18H17FN4OS/c1-12(13-7-9-14(19)10-8-13)21-22-17(24)11-25-18-20-15-5-3-4-6-16(15)23(18)2/h3-10,21H,1,11H2,2H3,(H,22,24).